The van der Waals surface area contributed by atoms with Gasteiger partial charge in [0.1, 0.15) is 18.4 Å². The molecule has 0 bridgehead atoms. The van der Waals surface area contributed by atoms with E-state index in [-0.39, 0.29) is 37.3 Å². The minimum absolute atomic E-state index is 0.0244. The number of pyridine rings is 1. The summed E-state index contributed by atoms with van der Waals surface area (Å²) in [5, 5.41) is 13.7. The zero-order chi connectivity index (χ0) is 21.6. The molecule has 9 heteroatoms. The first-order chi connectivity index (χ1) is 15.1. The number of benzene rings is 1. The van der Waals surface area contributed by atoms with Gasteiger partial charge in [-0.05, 0) is 29.8 Å². The van der Waals surface area contributed by atoms with Gasteiger partial charge in [0.15, 0.2) is 0 Å². The number of morpholine rings is 1. The fourth-order valence-electron chi connectivity index (χ4n) is 3.36. The maximum atomic E-state index is 12.5. The molecule has 1 aliphatic heterocycles. The van der Waals surface area contributed by atoms with E-state index in [0.717, 1.165) is 5.69 Å². The highest BCUT2D eigenvalue weighted by molar-refractivity contribution is 6.02. The summed E-state index contributed by atoms with van der Waals surface area (Å²) in [6.45, 7) is 0.477. The Morgan fingerprint density at radius 2 is 2.00 bits per heavy atom. The number of hydrogen-bond donors (Lipinski definition) is 2. The lowest BCUT2D eigenvalue weighted by Gasteiger charge is -2.38. The maximum absolute atomic E-state index is 12.5. The molecular weight excluding hydrogens is 398 g/mol. The molecule has 2 atom stereocenters. The number of amides is 2. The van der Waals surface area contributed by atoms with Crippen LogP contribution < -0.4 is 5.32 Å². The number of anilines is 1. The number of carbonyl (C=O) groups excluding carboxylic acids is 2. The molecule has 2 N–H and O–H groups in total. The zero-order valence-electron chi connectivity index (χ0n) is 16.6. The SMILES string of the molecule is O=C(Nc1ccc([C@@H](O)[C@H]2COCC(=O)N2Cc2ccccn2)cc1)c1cnccn1. The van der Waals surface area contributed by atoms with Crippen LogP contribution in [0.4, 0.5) is 5.69 Å². The third-order valence-corrected chi connectivity index (χ3v) is 4.96. The second-order valence-electron chi connectivity index (χ2n) is 7.04. The number of aliphatic hydroxyl groups excluding tert-OH is 1. The molecule has 0 spiro atoms. The van der Waals surface area contributed by atoms with Gasteiger partial charge in [-0.1, -0.05) is 18.2 Å². The van der Waals surface area contributed by atoms with Crippen molar-refractivity contribution in [2.75, 3.05) is 18.5 Å². The minimum atomic E-state index is -0.960. The Labute approximate surface area is 178 Å². The Morgan fingerprint density at radius 1 is 1.16 bits per heavy atom. The van der Waals surface area contributed by atoms with Gasteiger partial charge in [0.2, 0.25) is 5.91 Å². The van der Waals surface area contributed by atoms with Crippen molar-refractivity contribution < 1.29 is 19.4 Å². The fourth-order valence-corrected chi connectivity index (χ4v) is 3.36. The van der Waals surface area contributed by atoms with E-state index in [0.29, 0.717) is 11.3 Å². The lowest BCUT2D eigenvalue weighted by atomic mass is 9.99. The predicted octanol–water partition coefficient (Wildman–Crippen LogP) is 1.58. The standard InChI is InChI=1S/C22H21N5O4/c28-20-14-31-13-19(27(20)12-17-3-1-2-8-24-17)21(29)15-4-6-16(7-5-15)26-22(30)18-11-23-9-10-25-18/h1-11,19,21,29H,12-14H2,(H,26,30)/t19-,21-/m1/s1. The Kier molecular flexibility index (Phi) is 6.25. The lowest BCUT2D eigenvalue weighted by molar-refractivity contribution is -0.155. The molecule has 9 nitrogen and oxygen atoms in total. The van der Waals surface area contributed by atoms with E-state index in [1.165, 1.54) is 18.6 Å². The third-order valence-electron chi connectivity index (χ3n) is 4.96. The van der Waals surface area contributed by atoms with Crippen molar-refractivity contribution >= 4 is 17.5 Å². The molecular formula is C22H21N5O4. The molecule has 1 aromatic carbocycles. The number of hydrogen-bond acceptors (Lipinski definition) is 7. The van der Waals surface area contributed by atoms with Gasteiger partial charge in [0, 0.05) is 24.3 Å². The Morgan fingerprint density at radius 3 is 2.71 bits per heavy atom. The summed E-state index contributed by atoms with van der Waals surface area (Å²) in [6.07, 6.45) is 5.02. The summed E-state index contributed by atoms with van der Waals surface area (Å²) in [7, 11) is 0. The summed E-state index contributed by atoms with van der Waals surface area (Å²) < 4.78 is 5.39. The number of rotatable bonds is 6. The van der Waals surface area contributed by atoms with Crippen molar-refractivity contribution in [3.05, 3.63) is 84.2 Å². The maximum Gasteiger partial charge on any atom is 0.275 e. The van der Waals surface area contributed by atoms with Crippen LogP contribution in [0, 0.1) is 0 Å². The number of ether oxygens (including phenoxy) is 1. The lowest BCUT2D eigenvalue weighted by Crippen LogP contribution is -2.51. The first-order valence-electron chi connectivity index (χ1n) is 9.74. The summed E-state index contributed by atoms with van der Waals surface area (Å²) in [6, 6.07) is 11.7. The van der Waals surface area contributed by atoms with Crippen LogP contribution in [0.5, 0.6) is 0 Å². The van der Waals surface area contributed by atoms with E-state index in [9.17, 15) is 14.7 Å². The molecule has 0 aliphatic carbocycles. The summed E-state index contributed by atoms with van der Waals surface area (Å²) in [5.41, 5.74) is 2.09. The molecule has 1 fully saturated rings. The van der Waals surface area contributed by atoms with Crippen molar-refractivity contribution in [1.29, 1.82) is 0 Å². The summed E-state index contributed by atoms with van der Waals surface area (Å²) >= 11 is 0. The van der Waals surface area contributed by atoms with Gasteiger partial charge in [-0.15, -0.1) is 0 Å². The number of aromatic nitrogens is 3. The predicted molar refractivity (Wildman–Crippen MR) is 111 cm³/mol. The Bertz CT molecular complexity index is 1030. The highest BCUT2D eigenvalue weighted by Crippen LogP contribution is 2.26. The number of aliphatic hydroxyl groups is 1. The van der Waals surface area contributed by atoms with E-state index < -0.39 is 12.1 Å². The summed E-state index contributed by atoms with van der Waals surface area (Å²) in [5.74, 6) is -0.581. The molecule has 1 aliphatic rings. The second-order valence-corrected chi connectivity index (χ2v) is 7.04. The monoisotopic (exact) mass is 419 g/mol. The van der Waals surface area contributed by atoms with Gasteiger partial charge in [0.05, 0.1) is 31.1 Å². The second kappa shape index (κ2) is 9.41. The van der Waals surface area contributed by atoms with Crippen molar-refractivity contribution in [3.63, 3.8) is 0 Å². The van der Waals surface area contributed by atoms with E-state index in [4.69, 9.17) is 4.74 Å². The normalized spacial score (nSPS) is 17.3. The van der Waals surface area contributed by atoms with E-state index in [1.807, 2.05) is 18.2 Å². The van der Waals surface area contributed by atoms with E-state index in [1.54, 1.807) is 35.4 Å². The number of nitrogens with zero attached hydrogens (tertiary/aromatic N) is 4. The van der Waals surface area contributed by atoms with Crippen LogP contribution in [0.1, 0.15) is 27.8 Å². The molecule has 2 amide bonds. The van der Waals surface area contributed by atoms with Gasteiger partial charge in [-0.3, -0.25) is 19.6 Å². The molecule has 31 heavy (non-hydrogen) atoms. The molecule has 1 saturated heterocycles. The fraction of sp³-hybridized carbons (Fsp3) is 0.227. The van der Waals surface area contributed by atoms with Crippen LogP contribution in [0.2, 0.25) is 0 Å². The molecule has 0 unspecified atom stereocenters. The van der Waals surface area contributed by atoms with Gasteiger partial charge in [-0.2, -0.15) is 0 Å². The molecule has 0 radical (unpaired) electrons. The first kappa shape index (κ1) is 20.6. The average Bonchev–Trinajstić information content (AvgIpc) is 2.82. The van der Waals surface area contributed by atoms with Gasteiger partial charge in [-0.25, -0.2) is 4.98 Å². The topological polar surface area (TPSA) is 118 Å². The number of nitrogens with one attached hydrogen (secondary N) is 1. The summed E-state index contributed by atoms with van der Waals surface area (Å²) in [4.78, 5) is 38.4. The average molecular weight is 419 g/mol. The highest BCUT2D eigenvalue weighted by Gasteiger charge is 2.34. The molecule has 3 heterocycles. The van der Waals surface area contributed by atoms with Gasteiger partial charge >= 0.3 is 0 Å². The first-order valence-corrected chi connectivity index (χ1v) is 9.74. The van der Waals surface area contributed by atoms with Crippen molar-refractivity contribution in [3.8, 4) is 0 Å². The van der Waals surface area contributed by atoms with Crippen LogP contribution in [-0.2, 0) is 16.1 Å². The van der Waals surface area contributed by atoms with Gasteiger partial charge < -0.3 is 20.1 Å². The number of carbonyl (C=O) groups is 2. The van der Waals surface area contributed by atoms with Crippen LogP contribution in [-0.4, -0.2) is 56.0 Å². The molecule has 2 aromatic heterocycles. The van der Waals surface area contributed by atoms with Crippen molar-refractivity contribution in [2.45, 2.75) is 18.7 Å². The Balaban J connectivity index is 1.46. The molecule has 4 rings (SSSR count). The molecule has 3 aromatic rings. The Hall–Kier alpha value is -3.69. The smallest absolute Gasteiger partial charge is 0.275 e. The quantitative estimate of drug-likeness (QED) is 0.623. The van der Waals surface area contributed by atoms with Crippen LogP contribution in [0.25, 0.3) is 0 Å². The van der Waals surface area contributed by atoms with Crippen LogP contribution in [0.3, 0.4) is 0 Å². The minimum Gasteiger partial charge on any atom is -0.386 e. The zero-order valence-corrected chi connectivity index (χ0v) is 16.6. The largest absolute Gasteiger partial charge is 0.386 e. The van der Waals surface area contributed by atoms with Crippen LogP contribution in [0.15, 0.2) is 67.3 Å². The highest BCUT2D eigenvalue weighted by atomic mass is 16.5. The molecule has 0 saturated carbocycles. The van der Waals surface area contributed by atoms with Crippen molar-refractivity contribution in [1.82, 2.24) is 19.9 Å². The van der Waals surface area contributed by atoms with Crippen LogP contribution >= 0.6 is 0 Å². The molecule has 158 valence electrons. The van der Waals surface area contributed by atoms with E-state index >= 15 is 0 Å². The third kappa shape index (κ3) is 4.90. The van der Waals surface area contributed by atoms with Gasteiger partial charge in [0.25, 0.3) is 5.91 Å². The van der Waals surface area contributed by atoms with Crippen molar-refractivity contribution in [2.24, 2.45) is 0 Å². The van der Waals surface area contributed by atoms with E-state index in [2.05, 4.69) is 20.3 Å².